The van der Waals surface area contributed by atoms with Crippen LogP contribution >= 0.6 is 34.8 Å². The molecule has 0 amide bonds. The lowest BCUT2D eigenvalue weighted by atomic mass is 10.0. The van der Waals surface area contributed by atoms with Crippen molar-refractivity contribution < 1.29 is 36.3 Å². The number of carboxylic acids is 1. The number of hydrogen-bond donors (Lipinski definition) is 2. The van der Waals surface area contributed by atoms with Crippen LogP contribution in [0.2, 0.25) is 15.1 Å². The van der Waals surface area contributed by atoms with E-state index in [0.717, 1.165) is 30.5 Å². The quantitative estimate of drug-likeness (QED) is 0.374. The highest BCUT2D eigenvalue weighted by Gasteiger charge is 2.35. The lowest BCUT2D eigenvalue weighted by Gasteiger charge is -2.15. The highest BCUT2D eigenvalue weighted by atomic mass is 35.5. The number of benzene rings is 2. The second-order valence-electron chi connectivity index (χ2n) is 6.59. The highest BCUT2D eigenvalue weighted by Crippen LogP contribution is 2.36. The molecule has 0 fully saturated rings. The fraction of sp³-hybridized carbons (Fsp3) is 0.0500. The summed E-state index contributed by atoms with van der Waals surface area (Å²) in [4.78, 5) is 27.6. The summed E-state index contributed by atoms with van der Waals surface area (Å²) >= 11 is 17.4. The number of nitrogens with one attached hydrogen (secondary N) is 1. The summed E-state index contributed by atoms with van der Waals surface area (Å²) < 4.78 is 67.1. The summed E-state index contributed by atoms with van der Waals surface area (Å²) in [6.45, 7) is 0. The van der Waals surface area contributed by atoms with Gasteiger partial charge in [-0.25, -0.2) is 18.2 Å². The van der Waals surface area contributed by atoms with E-state index in [1.807, 2.05) is 4.72 Å². The van der Waals surface area contributed by atoms with E-state index in [1.165, 1.54) is 12.1 Å². The molecule has 2 aromatic carbocycles. The second kappa shape index (κ2) is 9.41. The molecule has 0 aliphatic rings. The molecule has 0 aliphatic carbocycles. The largest absolute Gasteiger partial charge is 0.478 e. The number of carboxylic acid groups (broad SMARTS) is 1. The number of alkyl halides is 3. The predicted octanol–water partition coefficient (Wildman–Crippen LogP) is 5.79. The molecule has 7 nitrogen and oxygen atoms in total. The van der Waals surface area contributed by atoms with E-state index < -0.39 is 65.9 Å². The van der Waals surface area contributed by atoms with Gasteiger partial charge in [0.25, 0.3) is 10.0 Å². The number of aromatic nitrogens is 1. The molecule has 0 radical (unpaired) electrons. The Morgan fingerprint density at radius 3 is 2.29 bits per heavy atom. The van der Waals surface area contributed by atoms with Crippen LogP contribution in [0.5, 0.6) is 0 Å². The molecule has 0 atom stereocenters. The zero-order chi connectivity index (χ0) is 25.4. The van der Waals surface area contributed by atoms with Crippen molar-refractivity contribution in [3.63, 3.8) is 0 Å². The average molecular weight is 554 g/mol. The monoisotopic (exact) mass is 552 g/mol. The summed E-state index contributed by atoms with van der Waals surface area (Å²) in [7, 11) is -4.71. The Balaban J connectivity index is 2.12. The van der Waals surface area contributed by atoms with Crippen molar-refractivity contribution in [1.29, 1.82) is 0 Å². The van der Waals surface area contributed by atoms with Crippen LogP contribution in [0, 0.1) is 0 Å². The standard InChI is InChI=1S/C20H10Cl3F3N2O5S/c21-9-6-15(28-34(32,33)10-4-5-13(22)12(7-10)20(24,25)26)17(27-8-9)18(29)16-11(19(30)31)2-1-3-14(16)23/h1-8,28H,(H,30,31). The van der Waals surface area contributed by atoms with Crippen molar-refractivity contribution in [2.75, 3.05) is 4.72 Å². The number of sulfonamides is 1. The van der Waals surface area contributed by atoms with Gasteiger partial charge in [-0.05, 0) is 36.4 Å². The number of aromatic carboxylic acids is 1. The number of ketones is 1. The minimum atomic E-state index is -4.93. The number of rotatable bonds is 6. The maximum atomic E-state index is 13.2. The van der Waals surface area contributed by atoms with Gasteiger partial charge in [0.15, 0.2) is 0 Å². The summed E-state index contributed by atoms with van der Waals surface area (Å²) in [5.41, 5.74) is -3.45. The fourth-order valence-electron chi connectivity index (χ4n) is 2.84. The lowest BCUT2D eigenvalue weighted by molar-refractivity contribution is -0.137. The van der Waals surface area contributed by atoms with E-state index in [2.05, 4.69) is 4.98 Å². The predicted molar refractivity (Wildman–Crippen MR) is 118 cm³/mol. The molecule has 2 N–H and O–H groups in total. The van der Waals surface area contributed by atoms with Crippen LogP contribution in [0.1, 0.15) is 32.0 Å². The van der Waals surface area contributed by atoms with Gasteiger partial charge in [-0.15, -0.1) is 0 Å². The third-order valence-electron chi connectivity index (χ3n) is 4.34. The van der Waals surface area contributed by atoms with Crippen LogP contribution in [0.15, 0.2) is 53.6 Å². The van der Waals surface area contributed by atoms with E-state index in [0.29, 0.717) is 6.07 Å². The van der Waals surface area contributed by atoms with Gasteiger partial charge in [-0.2, -0.15) is 13.2 Å². The Hall–Kier alpha value is -2.86. The molecule has 0 aliphatic heterocycles. The molecule has 0 spiro atoms. The maximum Gasteiger partial charge on any atom is 0.417 e. The van der Waals surface area contributed by atoms with E-state index in [4.69, 9.17) is 34.8 Å². The SMILES string of the molecule is O=C(O)c1cccc(Cl)c1C(=O)c1ncc(Cl)cc1NS(=O)(=O)c1ccc(Cl)c(C(F)(F)F)c1. The molecule has 0 bridgehead atoms. The van der Waals surface area contributed by atoms with Crippen molar-refractivity contribution in [2.45, 2.75) is 11.1 Å². The molecule has 0 unspecified atom stereocenters. The van der Waals surface area contributed by atoms with Crippen LogP contribution in [0.4, 0.5) is 18.9 Å². The number of carbonyl (C=O) groups is 2. The molecule has 178 valence electrons. The van der Waals surface area contributed by atoms with Crippen LogP contribution < -0.4 is 4.72 Å². The van der Waals surface area contributed by atoms with Crippen molar-refractivity contribution in [1.82, 2.24) is 4.98 Å². The molecule has 1 aromatic heterocycles. The Morgan fingerprint density at radius 2 is 1.68 bits per heavy atom. The highest BCUT2D eigenvalue weighted by molar-refractivity contribution is 7.92. The van der Waals surface area contributed by atoms with Gasteiger partial charge in [0.05, 0.1) is 42.3 Å². The molecular formula is C20H10Cl3F3N2O5S. The lowest BCUT2D eigenvalue weighted by Crippen LogP contribution is -2.19. The van der Waals surface area contributed by atoms with Gasteiger partial charge in [0.1, 0.15) is 5.69 Å². The smallest absolute Gasteiger partial charge is 0.417 e. The van der Waals surface area contributed by atoms with Crippen molar-refractivity contribution in [3.8, 4) is 0 Å². The van der Waals surface area contributed by atoms with Crippen LogP contribution in [-0.4, -0.2) is 30.3 Å². The number of hydrogen-bond acceptors (Lipinski definition) is 5. The Morgan fingerprint density at radius 1 is 1.00 bits per heavy atom. The van der Waals surface area contributed by atoms with Gasteiger partial charge >= 0.3 is 12.1 Å². The summed E-state index contributed by atoms with van der Waals surface area (Å²) in [5, 5.41) is 8.29. The normalized spacial score (nSPS) is 11.8. The van der Waals surface area contributed by atoms with Gasteiger partial charge in [0.2, 0.25) is 5.78 Å². The first-order valence-corrected chi connectivity index (χ1v) is 11.5. The average Bonchev–Trinajstić information content (AvgIpc) is 2.72. The summed E-state index contributed by atoms with van der Waals surface area (Å²) in [6.07, 6.45) is -3.94. The van der Waals surface area contributed by atoms with Gasteiger partial charge in [-0.3, -0.25) is 9.52 Å². The van der Waals surface area contributed by atoms with E-state index in [9.17, 15) is 36.3 Å². The van der Waals surface area contributed by atoms with Crippen LogP contribution in [0.25, 0.3) is 0 Å². The van der Waals surface area contributed by atoms with Crippen LogP contribution in [-0.2, 0) is 16.2 Å². The fourth-order valence-corrected chi connectivity index (χ4v) is 4.57. The molecule has 14 heteroatoms. The summed E-state index contributed by atoms with van der Waals surface area (Å²) in [6, 6.07) is 6.53. The van der Waals surface area contributed by atoms with Gasteiger partial charge in [0, 0.05) is 6.20 Å². The summed E-state index contributed by atoms with van der Waals surface area (Å²) in [5.74, 6) is -2.55. The van der Waals surface area contributed by atoms with Crippen molar-refractivity contribution in [3.05, 3.63) is 86.1 Å². The minimum absolute atomic E-state index is 0.126. The Labute approximate surface area is 205 Å². The zero-order valence-corrected chi connectivity index (χ0v) is 19.4. The topological polar surface area (TPSA) is 113 Å². The first-order valence-electron chi connectivity index (χ1n) is 8.84. The number of halogens is 6. The first-order chi connectivity index (χ1) is 15.7. The van der Waals surface area contributed by atoms with E-state index in [1.54, 1.807) is 0 Å². The van der Waals surface area contributed by atoms with Crippen LogP contribution in [0.3, 0.4) is 0 Å². The molecule has 3 rings (SSSR count). The molecule has 1 heterocycles. The number of anilines is 1. The number of pyridine rings is 1. The van der Waals surface area contributed by atoms with E-state index >= 15 is 0 Å². The van der Waals surface area contributed by atoms with Gasteiger partial charge in [-0.1, -0.05) is 40.9 Å². The number of nitrogens with zero attached hydrogens (tertiary/aromatic N) is 1. The molecule has 0 saturated carbocycles. The van der Waals surface area contributed by atoms with Crippen molar-refractivity contribution in [2.24, 2.45) is 0 Å². The molecule has 3 aromatic rings. The molecule has 34 heavy (non-hydrogen) atoms. The number of carbonyl (C=O) groups excluding carboxylic acids is 1. The Bertz CT molecular complexity index is 1430. The Kier molecular flexibility index (Phi) is 7.13. The molecule has 0 saturated heterocycles. The zero-order valence-electron chi connectivity index (χ0n) is 16.3. The molecular weight excluding hydrogens is 544 g/mol. The maximum absolute atomic E-state index is 13.2. The third kappa shape index (κ3) is 5.27. The van der Waals surface area contributed by atoms with E-state index in [-0.39, 0.29) is 10.0 Å². The third-order valence-corrected chi connectivity index (χ3v) is 6.55. The van der Waals surface area contributed by atoms with Gasteiger partial charge < -0.3 is 5.11 Å². The minimum Gasteiger partial charge on any atom is -0.478 e. The second-order valence-corrected chi connectivity index (χ2v) is 9.52. The van der Waals surface area contributed by atoms with Crippen molar-refractivity contribution >= 4 is 62.3 Å². The first kappa shape index (κ1) is 25.8.